The third-order valence-electron chi connectivity index (χ3n) is 3.15. The van der Waals surface area contributed by atoms with Gasteiger partial charge < -0.3 is 0 Å². The van der Waals surface area contributed by atoms with E-state index in [0.29, 0.717) is 5.65 Å². The molecule has 0 atom stereocenters. The van der Waals surface area contributed by atoms with Gasteiger partial charge in [-0.1, -0.05) is 19.8 Å². The summed E-state index contributed by atoms with van der Waals surface area (Å²) in [4.78, 5) is 19.0. The van der Waals surface area contributed by atoms with Gasteiger partial charge in [-0.05, 0) is 25.8 Å². The number of hydrogen-bond acceptors (Lipinski definition) is 2. The minimum absolute atomic E-state index is 0.0900. The molecule has 0 aliphatic carbocycles. The van der Waals surface area contributed by atoms with Gasteiger partial charge in [0.2, 0.25) is 0 Å². The van der Waals surface area contributed by atoms with E-state index in [2.05, 4.69) is 35.7 Å². The molecule has 0 aromatic carbocycles. The van der Waals surface area contributed by atoms with Crippen LogP contribution in [-0.4, -0.2) is 14.5 Å². The molecule has 2 heterocycles. The Morgan fingerprint density at radius 1 is 1.44 bits per heavy atom. The maximum atomic E-state index is 12.0. The summed E-state index contributed by atoms with van der Waals surface area (Å²) in [5, 5.41) is 0. The molecule has 0 spiro atoms. The maximum Gasteiger partial charge on any atom is 0.327 e. The molecule has 0 aliphatic heterocycles. The molecule has 0 saturated heterocycles. The van der Waals surface area contributed by atoms with Gasteiger partial charge in [-0.15, -0.1) is 5.92 Å². The van der Waals surface area contributed by atoms with Crippen LogP contribution in [0, 0.1) is 11.8 Å². The first-order valence-electron chi connectivity index (χ1n) is 6.24. The third-order valence-corrected chi connectivity index (χ3v) is 3.15. The normalized spacial score (nSPS) is 10.7. The Bertz CT molecular complexity index is 666. The van der Waals surface area contributed by atoms with Gasteiger partial charge in [0.15, 0.2) is 5.65 Å². The molecule has 0 fully saturated rings. The smallest absolute Gasteiger partial charge is 0.290 e. The summed E-state index contributed by atoms with van der Waals surface area (Å²) in [5.74, 6) is 5.81. The number of aromatic nitrogens is 3. The van der Waals surface area contributed by atoms with Gasteiger partial charge in [-0.3, -0.25) is 9.55 Å². The highest BCUT2D eigenvalue weighted by molar-refractivity contribution is 5.72. The number of imidazole rings is 1. The Balaban J connectivity index is 2.69. The van der Waals surface area contributed by atoms with Crippen molar-refractivity contribution in [3.8, 4) is 11.8 Å². The van der Waals surface area contributed by atoms with Crippen LogP contribution in [0.3, 0.4) is 0 Å². The van der Waals surface area contributed by atoms with Gasteiger partial charge in [0.1, 0.15) is 0 Å². The van der Waals surface area contributed by atoms with E-state index in [0.717, 1.165) is 23.9 Å². The number of nitrogens with zero attached hydrogens (tertiary/aromatic N) is 2. The van der Waals surface area contributed by atoms with E-state index in [4.69, 9.17) is 0 Å². The maximum absolute atomic E-state index is 12.0. The van der Waals surface area contributed by atoms with Crippen molar-refractivity contribution in [2.24, 2.45) is 0 Å². The van der Waals surface area contributed by atoms with E-state index >= 15 is 0 Å². The molecule has 0 bridgehead atoms. The van der Waals surface area contributed by atoms with E-state index in [9.17, 15) is 4.79 Å². The summed E-state index contributed by atoms with van der Waals surface area (Å²) >= 11 is 0. The van der Waals surface area contributed by atoms with Crippen molar-refractivity contribution in [2.75, 3.05) is 0 Å². The Morgan fingerprint density at radius 2 is 2.17 bits per heavy atom. The highest BCUT2D eigenvalue weighted by atomic mass is 16.1. The zero-order chi connectivity index (χ0) is 13.1. The molecule has 4 heteroatoms. The summed E-state index contributed by atoms with van der Waals surface area (Å²) in [6.07, 6.45) is 3.53. The van der Waals surface area contributed by atoms with Crippen LogP contribution in [0.1, 0.15) is 45.2 Å². The second-order valence-corrected chi connectivity index (χ2v) is 4.24. The Hall–Kier alpha value is -2.02. The van der Waals surface area contributed by atoms with Crippen molar-refractivity contribution in [3.05, 3.63) is 28.3 Å². The molecular formula is C14H17N3O. The minimum atomic E-state index is -0.0900. The third kappa shape index (κ3) is 2.04. The monoisotopic (exact) mass is 243 g/mol. The SMILES string of the molecule is CC#Cc1cnc2[nH]c(=O)n(C(CC)CC)c2c1. The first-order valence-corrected chi connectivity index (χ1v) is 6.24. The number of hydrogen-bond donors (Lipinski definition) is 1. The fourth-order valence-corrected chi connectivity index (χ4v) is 2.23. The lowest BCUT2D eigenvalue weighted by Gasteiger charge is -2.14. The van der Waals surface area contributed by atoms with Crippen LogP contribution < -0.4 is 5.69 Å². The van der Waals surface area contributed by atoms with Gasteiger partial charge in [0.05, 0.1) is 5.52 Å². The topological polar surface area (TPSA) is 50.7 Å². The fraction of sp³-hybridized carbons (Fsp3) is 0.429. The Morgan fingerprint density at radius 3 is 2.78 bits per heavy atom. The summed E-state index contributed by atoms with van der Waals surface area (Å²) < 4.78 is 1.79. The van der Waals surface area contributed by atoms with Crippen LogP contribution in [0.4, 0.5) is 0 Å². The number of nitrogens with one attached hydrogen (secondary N) is 1. The van der Waals surface area contributed by atoms with Crippen LogP contribution in [0.15, 0.2) is 17.1 Å². The van der Waals surface area contributed by atoms with Gasteiger partial charge in [0.25, 0.3) is 0 Å². The van der Waals surface area contributed by atoms with Gasteiger partial charge in [-0.2, -0.15) is 0 Å². The number of pyridine rings is 1. The molecule has 1 N–H and O–H groups in total. The average molecular weight is 243 g/mol. The quantitative estimate of drug-likeness (QED) is 0.842. The zero-order valence-corrected chi connectivity index (χ0v) is 10.9. The Labute approximate surface area is 106 Å². The van der Waals surface area contributed by atoms with Crippen molar-refractivity contribution in [3.63, 3.8) is 0 Å². The van der Waals surface area contributed by atoms with Crippen LogP contribution in [0.5, 0.6) is 0 Å². The van der Waals surface area contributed by atoms with E-state index in [1.54, 1.807) is 17.7 Å². The highest BCUT2D eigenvalue weighted by Crippen LogP contribution is 2.19. The first-order chi connectivity index (χ1) is 8.71. The summed E-state index contributed by atoms with van der Waals surface area (Å²) in [5.41, 5.74) is 2.22. The summed E-state index contributed by atoms with van der Waals surface area (Å²) in [6, 6.07) is 2.13. The summed E-state index contributed by atoms with van der Waals surface area (Å²) in [6.45, 7) is 5.96. The molecule has 2 aromatic heterocycles. The van der Waals surface area contributed by atoms with Gasteiger partial charge in [-0.25, -0.2) is 9.78 Å². The van der Waals surface area contributed by atoms with E-state index in [1.807, 2.05) is 6.07 Å². The second kappa shape index (κ2) is 5.09. The number of fused-ring (bicyclic) bond motifs is 1. The van der Waals surface area contributed by atoms with Gasteiger partial charge >= 0.3 is 5.69 Å². The van der Waals surface area contributed by atoms with Crippen molar-refractivity contribution < 1.29 is 0 Å². The average Bonchev–Trinajstić information content (AvgIpc) is 2.68. The van der Waals surface area contributed by atoms with Crippen molar-refractivity contribution in [1.29, 1.82) is 0 Å². The van der Waals surface area contributed by atoms with Crippen LogP contribution in [0.25, 0.3) is 11.2 Å². The molecule has 18 heavy (non-hydrogen) atoms. The predicted octanol–water partition coefficient (Wildman–Crippen LogP) is 2.46. The van der Waals surface area contributed by atoms with E-state index in [-0.39, 0.29) is 11.7 Å². The number of rotatable bonds is 3. The molecular weight excluding hydrogens is 226 g/mol. The molecule has 0 saturated carbocycles. The molecule has 4 nitrogen and oxygen atoms in total. The zero-order valence-electron chi connectivity index (χ0n) is 10.9. The van der Waals surface area contributed by atoms with Crippen molar-refractivity contribution in [2.45, 2.75) is 39.7 Å². The molecule has 2 rings (SSSR count). The lowest BCUT2D eigenvalue weighted by molar-refractivity contribution is 0.471. The number of aromatic amines is 1. The minimum Gasteiger partial charge on any atom is -0.290 e. The standard InChI is InChI=1S/C14H17N3O/c1-4-7-10-8-12-13(15-9-10)16-14(18)17(12)11(5-2)6-3/h8-9,11H,5-6H2,1-3H3,(H,15,16,18). The van der Waals surface area contributed by atoms with Crippen LogP contribution in [0.2, 0.25) is 0 Å². The van der Waals surface area contributed by atoms with Crippen molar-refractivity contribution >= 4 is 11.2 Å². The Kier molecular flexibility index (Phi) is 3.52. The molecule has 94 valence electrons. The highest BCUT2D eigenvalue weighted by Gasteiger charge is 2.14. The molecule has 0 unspecified atom stereocenters. The molecule has 2 aromatic rings. The summed E-state index contributed by atoms with van der Waals surface area (Å²) in [7, 11) is 0. The predicted molar refractivity (Wildman–Crippen MR) is 72.5 cm³/mol. The van der Waals surface area contributed by atoms with E-state index in [1.165, 1.54) is 0 Å². The molecule has 0 aliphatic rings. The lowest BCUT2D eigenvalue weighted by Crippen LogP contribution is -2.21. The van der Waals surface area contributed by atoms with Crippen molar-refractivity contribution in [1.82, 2.24) is 14.5 Å². The fourth-order valence-electron chi connectivity index (χ4n) is 2.23. The second-order valence-electron chi connectivity index (χ2n) is 4.24. The number of H-pyrrole nitrogens is 1. The van der Waals surface area contributed by atoms with Crippen LogP contribution >= 0.6 is 0 Å². The lowest BCUT2D eigenvalue weighted by atomic mass is 10.1. The van der Waals surface area contributed by atoms with Crippen LogP contribution in [-0.2, 0) is 0 Å². The molecule has 0 amide bonds. The molecule has 0 radical (unpaired) electrons. The van der Waals surface area contributed by atoms with E-state index < -0.39 is 0 Å². The van der Waals surface area contributed by atoms with Gasteiger partial charge in [0, 0.05) is 17.8 Å². The largest absolute Gasteiger partial charge is 0.327 e. The first kappa shape index (κ1) is 12.4.